The van der Waals surface area contributed by atoms with E-state index >= 15 is 0 Å². The smallest absolute Gasteiger partial charge is 0.260 e. The molecule has 0 aromatic carbocycles. The number of hydrogen-bond acceptors (Lipinski definition) is 5. The highest BCUT2D eigenvalue weighted by Crippen LogP contribution is 2.26. The first-order chi connectivity index (χ1) is 6.74. The van der Waals surface area contributed by atoms with E-state index in [9.17, 15) is 0 Å². The first kappa shape index (κ1) is 9.08. The van der Waals surface area contributed by atoms with Gasteiger partial charge in [0.2, 0.25) is 0 Å². The molecule has 0 aliphatic carbocycles. The maximum absolute atomic E-state index is 5.46. The lowest BCUT2D eigenvalue weighted by molar-refractivity contribution is 0.454. The Balaban J connectivity index is 2.15. The average Bonchev–Trinajstić information content (AvgIpc) is 2.56. The maximum atomic E-state index is 5.46. The number of aryl methyl sites for hydroxylation is 1. The van der Waals surface area contributed by atoms with Gasteiger partial charge in [0, 0.05) is 11.1 Å². The molecule has 0 aliphatic heterocycles. The summed E-state index contributed by atoms with van der Waals surface area (Å²) in [5.74, 6) is 0.512. The second kappa shape index (κ2) is 3.71. The van der Waals surface area contributed by atoms with Gasteiger partial charge in [-0.25, -0.2) is 9.97 Å². The molecule has 0 spiro atoms. The van der Waals surface area contributed by atoms with Crippen LogP contribution in [0.1, 0.15) is 5.69 Å². The van der Waals surface area contributed by atoms with Crippen LogP contribution in [0.4, 0.5) is 5.82 Å². The fourth-order valence-electron chi connectivity index (χ4n) is 0.932. The highest BCUT2D eigenvalue weighted by molar-refractivity contribution is 7.99. The summed E-state index contributed by atoms with van der Waals surface area (Å²) in [5, 5.41) is 0.620. The molecule has 5 heteroatoms. The predicted octanol–water partition coefficient (Wildman–Crippen LogP) is 2.11. The van der Waals surface area contributed by atoms with Crippen molar-refractivity contribution in [2.24, 2.45) is 0 Å². The highest BCUT2D eigenvalue weighted by Gasteiger charge is 2.03. The van der Waals surface area contributed by atoms with Gasteiger partial charge in [0.15, 0.2) is 0 Å². The first-order valence-electron chi connectivity index (χ1n) is 4.05. The highest BCUT2D eigenvalue weighted by atomic mass is 32.2. The van der Waals surface area contributed by atoms with Crippen LogP contribution in [0.3, 0.4) is 0 Å². The zero-order chi connectivity index (χ0) is 9.97. The van der Waals surface area contributed by atoms with Crippen LogP contribution in [0, 0.1) is 6.92 Å². The van der Waals surface area contributed by atoms with Crippen LogP contribution in [0.25, 0.3) is 0 Å². The van der Waals surface area contributed by atoms with Crippen LogP contribution < -0.4 is 5.73 Å². The number of hydrogen-bond donors (Lipinski definition) is 1. The number of nitrogens with two attached hydrogens (primary N) is 1. The number of anilines is 1. The molecule has 14 heavy (non-hydrogen) atoms. The van der Waals surface area contributed by atoms with Crippen molar-refractivity contribution in [1.29, 1.82) is 0 Å². The SMILES string of the molecule is Cc1coc(Sc2ccc(N)nc2)n1. The van der Waals surface area contributed by atoms with Crippen LogP contribution in [0.2, 0.25) is 0 Å². The van der Waals surface area contributed by atoms with Gasteiger partial charge in [-0.3, -0.25) is 0 Å². The van der Waals surface area contributed by atoms with Crippen LogP contribution in [0.15, 0.2) is 39.1 Å². The monoisotopic (exact) mass is 207 g/mol. The lowest BCUT2D eigenvalue weighted by Gasteiger charge is -1.95. The fourth-order valence-corrected chi connectivity index (χ4v) is 1.66. The second-order valence-corrected chi connectivity index (χ2v) is 3.80. The normalized spacial score (nSPS) is 10.4. The van der Waals surface area contributed by atoms with Crippen molar-refractivity contribution < 1.29 is 4.42 Å². The van der Waals surface area contributed by atoms with E-state index in [2.05, 4.69) is 9.97 Å². The molecule has 0 atom stereocenters. The van der Waals surface area contributed by atoms with Gasteiger partial charge in [-0.2, -0.15) is 0 Å². The van der Waals surface area contributed by atoms with Gasteiger partial charge >= 0.3 is 0 Å². The largest absolute Gasteiger partial charge is 0.439 e. The summed E-state index contributed by atoms with van der Waals surface area (Å²) in [6, 6.07) is 3.63. The number of nitrogens with zero attached hydrogens (tertiary/aromatic N) is 2. The van der Waals surface area contributed by atoms with E-state index in [1.165, 1.54) is 11.8 Å². The molecule has 0 radical (unpaired) electrons. The molecule has 2 N–H and O–H groups in total. The molecule has 2 heterocycles. The minimum absolute atomic E-state index is 0.512. The van der Waals surface area contributed by atoms with Crippen molar-refractivity contribution in [2.45, 2.75) is 17.0 Å². The van der Waals surface area contributed by atoms with E-state index in [1.807, 2.05) is 13.0 Å². The van der Waals surface area contributed by atoms with Crippen molar-refractivity contribution in [2.75, 3.05) is 5.73 Å². The molecule has 2 aromatic rings. The first-order valence-corrected chi connectivity index (χ1v) is 4.87. The van der Waals surface area contributed by atoms with Gasteiger partial charge in [-0.05, 0) is 30.8 Å². The third-order valence-electron chi connectivity index (χ3n) is 1.56. The molecule has 2 rings (SSSR count). The molecular weight excluding hydrogens is 198 g/mol. The predicted molar refractivity (Wildman–Crippen MR) is 54.0 cm³/mol. The van der Waals surface area contributed by atoms with Crippen LogP contribution in [-0.4, -0.2) is 9.97 Å². The zero-order valence-electron chi connectivity index (χ0n) is 7.60. The van der Waals surface area contributed by atoms with E-state index in [0.29, 0.717) is 11.0 Å². The van der Waals surface area contributed by atoms with Crippen molar-refractivity contribution in [3.63, 3.8) is 0 Å². The van der Waals surface area contributed by atoms with E-state index in [4.69, 9.17) is 10.2 Å². The summed E-state index contributed by atoms with van der Waals surface area (Å²) >= 11 is 1.42. The van der Waals surface area contributed by atoms with Gasteiger partial charge in [-0.1, -0.05) is 0 Å². The Kier molecular flexibility index (Phi) is 2.41. The lowest BCUT2D eigenvalue weighted by atomic mass is 10.5. The molecule has 0 fully saturated rings. The van der Waals surface area contributed by atoms with Crippen molar-refractivity contribution >= 4 is 17.6 Å². The molecule has 4 nitrogen and oxygen atoms in total. The van der Waals surface area contributed by atoms with Crippen molar-refractivity contribution in [3.8, 4) is 0 Å². The Morgan fingerprint density at radius 1 is 1.43 bits per heavy atom. The van der Waals surface area contributed by atoms with Gasteiger partial charge < -0.3 is 10.2 Å². The number of rotatable bonds is 2. The van der Waals surface area contributed by atoms with E-state index < -0.39 is 0 Å². The van der Waals surface area contributed by atoms with Crippen LogP contribution in [-0.2, 0) is 0 Å². The summed E-state index contributed by atoms with van der Waals surface area (Å²) in [5.41, 5.74) is 6.34. The molecule has 0 aliphatic rings. The summed E-state index contributed by atoms with van der Waals surface area (Å²) < 4.78 is 5.19. The Morgan fingerprint density at radius 3 is 2.86 bits per heavy atom. The van der Waals surface area contributed by atoms with Gasteiger partial charge in [0.1, 0.15) is 12.1 Å². The number of aromatic nitrogens is 2. The Morgan fingerprint density at radius 2 is 2.29 bits per heavy atom. The topological polar surface area (TPSA) is 64.9 Å². The number of pyridine rings is 1. The van der Waals surface area contributed by atoms with Gasteiger partial charge in [0.25, 0.3) is 5.22 Å². The minimum Gasteiger partial charge on any atom is -0.439 e. The van der Waals surface area contributed by atoms with Gasteiger partial charge in [-0.15, -0.1) is 0 Å². The van der Waals surface area contributed by atoms with Crippen molar-refractivity contribution in [3.05, 3.63) is 30.3 Å². The number of nitrogen functional groups attached to an aromatic ring is 1. The average molecular weight is 207 g/mol. The molecule has 0 unspecified atom stereocenters. The summed E-state index contributed by atoms with van der Waals surface area (Å²) in [6.45, 7) is 1.88. The second-order valence-electron chi connectivity index (χ2n) is 2.78. The van der Waals surface area contributed by atoms with Crippen LogP contribution in [0.5, 0.6) is 0 Å². The molecule has 0 amide bonds. The standard InChI is InChI=1S/C9H9N3OS/c1-6-5-13-9(12-6)14-7-2-3-8(10)11-4-7/h2-5H,1H3,(H2,10,11). The molecule has 2 aromatic heterocycles. The molecule has 72 valence electrons. The third kappa shape index (κ3) is 2.05. The molecule has 0 saturated carbocycles. The molecule has 0 bridgehead atoms. The summed E-state index contributed by atoms with van der Waals surface area (Å²) in [6.07, 6.45) is 3.31. The lowest BCUT2D eigenvalue weighted by Crippen LogP contribution is -1.87. The fraction of sp³-hybridized carbons (Fsp3) is 0.111. The summed E-state index contributed by atoms with van der Waals surface area (Å²) in [7, 11) is 0. The van der Waals surface area contributed by atoms with Gasteiger partial charge in [0.05, 0.1) is 5.69 Å². The summed E-state index contributed by atoms with van der Waals surface area (Å²) in [4.78, 5) is 9.09. The zero-order valence-corrected chi connectivity index (χ0v) is 8.41. The number of oxazole rings is 1. The molecule has 0 saturated heterocycles. The van der Waals surface area contributed by atoms with E-state index in [-0.39, 0.29) is 0 Å². The van der Waals surface area contributed by atoms with Crippen molar-refractivity contribution in [1.82, 2.24) is 9.97 Å². The Bertz CT molecular complexity index is 424. The maximum Gasteiger partial charge on any atom is 0.260 e. The quantitative estimate of drug-likeness (QED) is 0.817. The minimum atomic E-state index is 0.512. The van der Waals surface area contributed by atoms with E-state index in [0.717, 1.165) is 10.6 Å². The Labute approximate surface area is 85.6 Å². The van der Waals surface area contributed by atoms with E-state index in [1.54, 1.807) is 18.5 Å². The Hall–Kier alpha value is -1.49. The third-order valence-corrected chi connectivity index (χ3v) is 2.40. The molecular formula is C9H9N3OS. The van der Waals surface area contributed by atoms with Crippen LogP contribution >= 0.6 is 11.8 Å².